The Labute approximate surface area is 332 Å². The zero-order valence-electron chi connectivity index (χ0n) is 32.2. The molecule has 6 aromatic carbocycles. The van der Waals surface area contributed by atoms with Gasteiger partial charge in [0, 0.05) is 13.1 Å². The van der Waals surface area contributed by atoms with Crippen molar-refractivity contribution < 1.29 is 9.59 Å². The molecule has 6 nitrogen and oxygen atoms in total. The zero-order chi connectivity index (χ0) is 38.7. The predicted octanol–water partition coefficient (Wildman–Crippen LogP) is 8.03. The lowest BCUT2D eigenvalue weighted by molar-refractivity contribution is -0.124. The summed E-state index contributed by atoms with van der Waals surface area (Å²) in [6.07, 6.45) is 3.79. The molecular weight excluding hydrogens is 689 g/mol. The Kier molecular flexibility index (Phi) is 14.8. The number of nitrogens with one attached hydrogen (secondary N) is 4. The largest absolute Gasteiger partial charge is 0.355 e. The van der Waals surface area contributed by atoms with Gasteiger partial charge in [-0.1, -0.05) is 182 Å². The van der Waals surface area contributed by atoms with E-state index in [0.29, 0.717) is 13.1 Å². The van der Waals surface area contributed by atoms with Gasteiger partial charge in [0.1, 0.15) is 10.8 Å². The van der Waals surface area contributed by atoms with Crippen LogP contribution in [0, 0.1) is 0 Å². The van der Waals surface area contributed by atoms with E-state index in [4.69, 9.17) is 0 Å². The van der Waals surface area contributed by atoms with Crippen molar-refractivity contribution >= 4 is 11.8 Å². The summed E-state index contributed by atoms with van der Waals surface area (Å²) in [5.74, 6) is -0.0377. The Bertz CT molecular complexity index is 1680. The molecule has 0 heterocycles. The first-order valence-electron chi connectivity index (χ1n) is 20.0. The smallest absolute Gasteiger partial charge is 0.239 e. The minimum Gasteiger partial charge on any atom is -0.355 e. The van der Waals surface area contributed by atoms with Crippen LogP contribution in [0.1, 0.15) is 59.1 Å². The van der Waals surface area contributed by atoms with E-state index < -0.39 is 10.8 Å². The summed E-state index contributed by atoms with van der Waals surface area (Å²) in [4.78, 5) is 28.5. The second kappa shape index (κ2) is 20.7. The fourth-order valence-electron chi connectivity index (χ4n) is 7.76. The number of benzene rings is 6. The summed E-state index contributed by atoms with van der Waals surface area (Å²) in [7, 11) is 0. The number of carbonyl (C=O) groups excluding carboxylic acids is 2. The predicted molar refractivity (Wildman–Crippen MR) is 229 cm³/mol. The van der Waals surface area contributed by atoms with Gasteiger partial charge in [-0.25, -0.2) is 0 Å². The Morgan fingerprint density at radius 1 is 0.304 bits per heavy atom. The van der Waals surface area contributed by atoms with Crippen LogP contribution in [0.2, 0.25) is 0 Å². The minimum atomic E-state index is -0.952. The molecule has 2 amide bonds. The second-order valence-electron chi connectivity index (χ2n) is 14.1. The van der Waals surface area contributed by atoms with Gasteiger partial charge in [-0.05, 0) is 85.2 Å². The molecule has 56 heavy (non-hydrogen) atoms. The van der Waals surface area contributed by atoms with Crippen molar-refractivity contribution in [2.75, 3.05) is 39.3 Å². The van der Waals surface area contributed by atoms with Crippen LogP contribution >= 0.6 is 0 Å². The zero-order valence-corrected chi connectivity index (χ0v) is 32.2. The molecule has 0 aliphatic carbocycles. The van der Waals surface area contributed by atoms with Crippen LogP contribution in [-0.2, 0) is 20.4 Å². The van der Waals surface area contributed by atoms with Crippen molar-refractivity contribution in [1.82, 2.24) is 21.3 Å². The molecule has 0 saturated heterocycles. The molecular formula is C50H54N4O2. The van der Waals surface area contributed by atoms with E-state index in [1.165, 1.54) is 0 Å². The van der Waals surface area contributed by atoms with E-state index in [1.807, 2.05) is 182 Å². The van der Waals surface area contributed by atoms with E-state index in [1.54, 1.807) is 0 Å². The van der Waals surface area contributed by atoms with Crippen molar-refractivity contribution in [2.45, 2.75) is 36.5 Å². The van der Waals surface area contributed by atoms with Gasteiger partial charge < -0.3 is 21.3 Å². The topological polar surface area (TPSA) is 82.3 Å². The number of hydrogen-bond acceptors (Lipinski definition) is 4. The number of unbranched alkanes of at least 4 members (excludes halogenated alkanes) is 1. The summed E-state index contributed by atoms with van der Waals surface area (Å²) in [5.41, 5.74) is 3.78. The molecule has 286 valence electrons. The van der Waals surface area contributed by atoms with Gasteiger partial charge in [-0.2, -0.15) is 0 Å². The summed E-state index contributed by atoms with van der Waals surface area (Å²) in [6, 6.07) is 60.4. The number of hydrogen-bond donors (Lipinski definition) is 4. The lowest BCUT2D eigenvalue weighted by Crippen LogP contribution is -2.47. The highest BCUT2D eigenvalue weighted by Crippen LogP contribution is 2.41. The van der Waals surface area contributed by atoms with Crippen LogP contribution in [0.25, 0.3) is 0 Å². The molecule has 0 unspecified atom stereocenters. The molecule has 0 saturated carbocycles. The molecule has 0 spiro atoms. The lowest BCUT2D eigenvalue weighted by atomic mass is 9.68. The first-order chi connectivity index (χ1) is 27.7. The fraction of sp³-hybridized carbons (Fsp3) is 0.240. The van der Waals surface area contributed by atoms with E-state index in [2.05, 4.69) is 21.3 Å². The quantitative estimate of drug-likeness (QED) is 0.0445. The summed E-state index contributed by atoms with van der Waals surface area (Å²) >= 11 is 0. The Morgan fingerprint density at radius 3 is 0.750 bits per heavy atom. The molecule has 6 heteroatoms. The van der Waals surface area contributed by atoms with E-state index in [-0.39, 0.29) is 11.8 Å². The standard InChI is InChI=1S/C50H54N4O2/c55-47(49(41-23-7-1-8-24-41,42-25-9-2-10-26-42)43-27-11-3-12-28-43)53-39-21-37-51-35-19-20-36-52-38-22-40-54-48(56)50(44-29-13-4-14-30-44,45-31-15-5-16-32-45)46-33-17-6-18-34-46/h1-18,23-34,51-52H,19-22,35-40H2,(H,53,55)(H,54,56). The summed E-state index contributed by atoms with van der Waals surface area (Å²) in [5, 5.41) is 13.6. The highest BCUT2D eigenvalue weighted by atomic mass is 16.2. The first kappa shape index (κ1) is 39.9. The highest BCUT2D eigenvalue weighted by Gasteiger charge is 2.44. The fourth-order valence-corrected chi connectivity index (χ4v) is 7.76. The third-order valence-electron chi connectivity index (χ3n) is 10.5. The highest BCUT2D eigenvalue weighted by molar-refractivity contribution is 5.97. The molecule has 0 fully saturated rings. The van der Waals surface area contributed by atoms with Crippen molar-refractivity contribution in [3.05, 3.63) is 215 Å². The van der Waals surface area contributed by atoms with E-state index >= 15 is 0 Å². The van der Waals surface area contributed by atoms with Gasteiger partial charge >= 0.3 is 0 Å². The minimum absolute atomic E-state index is 0.0188. The molecule has 6 aromatic rings. The Morgan fingerprint density at radius 2 is 0.518 bits per heavy atom. The van der Waals surface area contributed by atoms with Crippen LogP contribution < -0.4 is 21.3 Å². The van der Waals surface area contributed by atoms with E-state index in [0.717, 1.165) is 85.2 Å². The van der Waals surface area contributed by atoms with Crippen LogP contribution in [0.4, 0.5) is 0 Å². The van der Waals surface area contributed by atoms with Gasteiger partial charge in [-0.3, -0.25) is 9.59 Å². The average molecular weight is 743 g/mol. The Balaban J connectivity index is 0.910. The van der Waals surface area contributed by atoms with Crippen LogP contribution in [0.3, 0.4) is 0 Å². The summed E-state index contributed by atoms with van der Waals surface area (Å²) < 4.78 is 0. The van der Waals surface area contributed by atoms with Crippen molar-refractivity contribution in [2.24, 2.45) is 0 Å². The normalized spacial score (nSPS) is 11.5. The maximum absolute atomic E-state index is 14.3. The van der Waals surface area contributed by atoms with Gasteiger partial charge in [-0.15, -0.1) is 0 Å². The number of carbonyl (C=O) groups is 2. The monoisotopic (exact) mass is 742 g/mol. The first-order valence-corrected chi connectivity index (χ1v) is 20.0. The molecule has 0 aromatic heterocycles. The van der Waals surface area contributed by atoms with Crippen LogP contribution in [0.5, 0.6) is 0 Å². The van der Waals surface area contributed by atoms with Gasteiger partial charge in [0.2, 0.25) is 11.8 Å². The molecule has 4 N–H and O–H groups in total. The number of amides is 2. The van der Waals surface area contributed by atoms with Gasteiger partial charge in [0.25, 0.3) is 0 Å². The molecule has 0 radical (unpaired) electrons. The SMILES string of the molecule is O=C(NCCCNCCCCNCCCNC(=O)C(c1ccccc1)(c1ccccc1)c1ccccc1)C(c1ccccc1)(c1ccccc1)c1ccccc1. The van der Waals surface area contributed by atoms with Crippen molar-refractivity contribution in [3.63, 3.8) is 0 Å². The third-order valence-corrected chi connectivity index (χ3v) is 10.5. The maximum Gasteiger partial charge on any atom is 0.239 e. The molecule has 0 bridgehead atoms. The van der Waals surface area contributed by atoms with Crippen LogP contribution in [0.15, 0.2) is 182 Å². The lowest BCUT2D eigenvalue weighted by Gasteiger charge is -2.34. The maximum atomic E-state index is 14.3. The number of rotatable bonds is 21. The molecule has 0 aliphatic rings. The van der Waals surface area contributed by atoms with Crippen molar-refractivity contribution in [3.8, 4) is 0 Å². The molecule has 0 atom stereocenters. The third kappa shape index (κ3) is 9.34. The van der Waals surface area contributed by atoms with Gasteiger partial charge in [0.15, 0.2) is 0 Å². The summed E-state index contributed by atoms with van der Waals surface area (Å²) in [6.45, 7) is 4.68. The molecule has 0 aliphatic heterocycles. The average Bonchev–Trinajstić information content (AvgIpc) is 3.26. The second-order valence-corrected chi connectivity index (χ2v) is 14.1. The molecule has 6 rings (SSSR count). The Hall–Kier alpha value is -5.82. The van der Waals surface area contributed by atoms with Crippen molar-refractivity contribution in [1.29, 1.82) is 0 Å². The van der Waals surface area contributed by atoms with E-state index in [9.17, 15) is 9.59 Å². The van der Waals surface area contributed by atoms with Gasteiger partial charge in [0.05, 0.1) is 0 Å². The van der Waals surface area contributed by atoms with Crippen LogP contribution in [-0.4, -0.2) is 51.1 Å².